The van der Waals surface area contributed by atoms with Gasteiger partial charge in [0.15, 0.2) is 0 Å². The van der Waals surface area contributed by atoms with E-state index >= 15 is 0 Å². The van der Waals surface area contributed by atoms with Gasteiger partial charge in [-0.25, -0.2) is 0 Å². The highest BCUT2D eigenvalue weighted by atomic mass is 28.3. The summed E-state index contributed by atoms with van der Waals surface area (Å²) in [5.41, 5.74) is 0. The van der Waals surface area contributed by atoms with Gasteiger partial charge in [0, 0.05) is 0 Å². The Morgan fingerprint density at radius 3 is 2.29 bits per heavy atom. The first-order valence-corrected chi connectivity index (χ1v) is 7.13. The molecule has 0 saturated heterocycles. The molecule has 0 saturated carbocycles. The van der Waals surface area contributed by atoms with E-state index in [0.29, 0.717) is 9.68 Å². The van der Waals surface area contributed by atoms with Gasteiger partial charge in [0.05, 0.1) is 8.96 Å². The molecule has 0 rings (SSSR count). The van der Waals surface area contributed by atoms with E-state index in [1.165, 1.54) is 6.04 Å². The van der Waals surface area contributed by atoms with Gasteiger partial charge in [0.2, 0.25) is 0 Å². The minimum absolute atomic E-state index is 0.401. The molecule has 3 heteroatoms. The van der Waals surface area contributed by atoms with E-state index < -0.39 is 8.96 Å². The molecule has 43 valence electrons. The quantitative estimate of drug-likeness (QED) is 0.546. The molecule has 0 aliphatic heterocycles. The second-order valence-electron chi connectivity index (χ2n) is 1.93. The van der Waals surface area contributed by atoms with Crippen LogP contribution < -0.4 is 4.65 Å². The van der Waals surface area contributed by atoms with Crippen LogP contribution in [0.3, 0.4) is 0 Å². The van der Waals surface area contributed by atoms with E-state index in [1.54, 1.807) is 0 Å². The Hall–Kier alpha value is 0.394. The first-order valence-electron chi connectivity index (χ1n) is 2.85. The van der Waals surface area contributed by atoms with Crippen LogP contribution in [0.5, 0.6) is 0 Å². The Kier molecular flexibility index (Phi) is 4.81. The first-order chi connectivity index (χ1) is 3.27. The summed E-state index contributed by atoms with van der Waals surface area (Å²) in [6, 6.07) is 1.35. The monoisotopic (exact) mass is 132 g/mol. The third-order valence-corrected chi connectivity index (χ3v) is 4.67. The predicted octanol–water partition coefficient (Wildman–Crippen LogP) is 0.349. The molecule has 0 unspecified atom stereocenters. The molecular formula is C4H14NSi2. The van der Waals surface area contributed by atoms with Crippen LogP contribution in [0.2, 0.25) is 19.1 Å². The molecule has 0 fully saturated rings. The van der Waals surface area contributed by atoms with Crippen molar-refractivity contribution in [1.29, 1.82) is 0 Å². The molecule has 7 heavy (non-hydrogen) atoms. The fraction of sp³-hybridized carbons (Fsp3) is 1.00. The van der Waals surface area contributed by atoms with E-state index in [9.17, 15) is 0 Å². The molecule has 0 heterocycles. The van der Waals surface area contributed by atoms with E-state index in [-0.39, 0.29) is 0 Å². The second-order valence-corrected chi connectivity index (χ2v) is 6.80. The van der Waals surface area contributed by atoms with Crippen molar-refractivity contribution in [3.63, 3.8) is 0 Å². The van der Waals surface area contributed by atoms with E-state index in [1.807, 2.05) is 0 Å². The van der Waals surface area contributed by atoms with Crippen molar-refractivity contribution in [3.05, 3.63) is 0 Å². The zero-order chi connectivity index (χ0) is 5.70. The van der Waals surface area contributed by atoms with E-state index in [2.05, 4.69) is 24.7 Å². The Labute approximate surface area is 50.1 Å². The zero-order valence-electron chi connectivity index (χ0n) is 5.36. The van der Waals surface area contributed by atoms with Gasteiger partial charge in [0.1, 0.15) is 9.68 Å². The maximum Gasteiger partial charge on any atom is 0.106 e. The van der Waals surface area contributed by atoms with Gasteiger partial charge in [-0.05, 0) is 0 Å². The molecule has 1 N–H and O–H groups in total. The normalized spacial score (nSPS) is 10.3. The maximum atomic E-state index is 3.52. The lowest BCUT2D eigenvalue weighted by Gasteiger charge is -2.00. The summed E-state index contributed by atoms with van der Waals surface area (Å²) >= 11 is 0. The van der Waals surface area contributed by atoms with E-state index in [0.717, 1.165) is 0 Å². The highest BCUT2D eigenvalue weighted by Gasteiger charge is 1.89. The number of nitrogens with one attached hydrogen (secondary N) is 1. The molecule has 0 aromatic heterocycles. The Bertz CT molecular complexity index is 38.7. The second kappa shape index (κ2) is 4.55. The van der Waals surface area contributed by atoms with Crippen molar-refractivity contribution < 1.29 is 0 Å². The summed E-state index contributed by atoms with van der Waals surface area (Å²) in [5, 5.41) is 0. The van der Waals surface area contributed by atoms with Gasteiger partial charge in [-0.1, -0.05) is 26.1 Å². The molecule has 0 spiro atoms. The average molecular weight is 132 g/mol. The topological polar surface area (TPSA) is 12.0 Å². The molecule has 0 atom stereocenters. The van der Waals surface area contributed by atoms with Crippen molar-refractivity contribution in [2.24, 2.45) is 0 Å². The van der Waals surface area contributed by atoms with Crippen molar-refractivity contribution in [3.8, 4) is 0 Å². The summed E-state index contributed by atoms with van der Waals surface area (Å²) in [5.74, 6) is 0. The first kappa shape index (κ1) is 7.39. The molecule has 0 amide bonds. The fourth-order valence-corrected chi connectivity index (χ4v) is 3.18. The van der Waals surface area contributed by atoms with Crippen molar-refractivity contribution in [1.82, 2.24) is 4.65 Å². The Morgan fingerprint density at radius 2 is 2.14 bits per heavy atom. The number of rotatable bonds is 3. The molecule has 1 radical (unpaired) electrons. The minimum Gasteiger partial charge on any atom is -0.365 e. The number of hydrogen-bond acceptors (Lipinski definition) is 1. The van der Waals surface area contributed by atoms with Crippen LogP contribution in [-0.4, -0.2) is 18.6 Å². The molecule has 0 aromatic carbocycles. The van der Waals surface area contributed by atoms with Gasteiger partial charge in [-0.2, -0.15) is 0 Å². The fourth-order valence-electron chi connectivity index (χ4n) is 0.354. The van der Waals surface area contributed by atoms with Gasteiger partial charge < -0.3 is 4.65 Å². The van der Waals surface area contributed by atoms with Crippen LogP contribution in [0.25, 0.3) is 0 Å². The van der Waals surface area contributed by atoms with Crippen molar-refractivity contribution >= 4 is 18.6 Å². The van der Waals surface area contributed by atoms with Gasteiger partial charge >= 0.3 is 0 Å². The van der Waals surface area contributed by atoms with Crippen LogP contribution in [0.15, 0.2) is 0 Å². The standard InChI is InChI=1S/C4H14NSi2/c1-4-6-5-7(2)3/h5-7H,4H2,1-3H3. The SMILES string of the molecule is CC[SiH]N[SiH](C)C. The zero-order valence-corrected chi connectivity index (χ0v) is 7.67. The molecule has 1 nitrogen and oxygen atoms in total. The summed E-state index contributed by atoms with van der Waals surface area (Å²) in [7, 11) is 0.195. The predicted molar refractivity (Wildman–Crippen MR) is 39.6 cm³/mol. The van der Waals surface area contributed by atoms with Gasteiger partial charge in [0.25, 0.3) is 0 Å². The molecule has 0 aliphatic carbocycles. The highest BCUT2D eigenvalue weighted by Crippen LogP contribution is 1.71. The van der Waals surface area contributed by atoms with E-state index in [4.69, 9.17) is 0 Å². The van der Waals surface area contributed by atoms with Crippen LogP contribution in [-0.2, 0) is 0 Å². The molecule has 0 aliphatic rings. The van der Waals surface area contributed by atoms with Crippen LogP contribution in [0, 0.1) is 0 Å². The maximum absolute atomic E-state index is 3.52. The van der Waals surface area contributed by atoms with Gasteiger partial charge in [-0.15, -0.1) is 0 Å². The Morgan fingerprint density at radius 1 is 1.57 bits per heavy atom. The number of hydrogen-bond donors (Lipinski definition) is 1. The van der Waals surface area contributed by atoms with Gasteiger partial charge in [-0.3, -0.25) is 0 Å². The lowest BCUT2D eigenvalue weighted by Crippen LogP contribution is -2.30. The summed E-state index contributed by atoms with van der Waals surface area (Å²) in [6.45, 7) is 6.88. The lowest BCUT2D eigenvalue weighted by molar-refractivity contribution is 1.37. The summed E-state index contributed by atoms with van der Waals surface area (Å²) < 4.78 is 3.52. The lowest BCUT2D eigenvalue weighted by atomic mass is 11.0. The molecule has 0 bridgehead atoms. The minimum atomic E-state index is -0.401. The largest absolute Gasteiger partial charge is 0.365 e. The van der Waals surface area contributed by atoms with Crippen LogP contribution in [0.4, 0.5) is 0 Å². The average Bonchev–Trinajstić information content (AvgIpc) is 1.61. The smallest absolute Gasteiger partial charge is 0.106 e. The van der Waals surface area contributed by atoms with Crippen molar-refractivity contribution in [2.45, 2.75) is 26.1 Å². The summed E-state index contributed by atoms with van der Waals surface area (Å²) in [6.07, 6.45) is 0. The van der Waals surface area contributed by atoms with Crippen molar-refractivity contribution in [2.75, 3.05) is 0 Å². The molecule has 0 aromatic rings. The highest BCUT2D eigenvalue weighted by molar-refractivity contribution is 6.62. The molecular weight excluding hydrogens is 118 g/mol. The van der Waals surface area contributed by atoms with Crippen LogP contribution >= 0.6 is 0 Å². The third-order valence-electron chi connectivity index (χ3n) is 0.655. The Balaban J connectivity index is 2.68. The van der Waals surface area contributed by atoms with Crippen LogP contribution in [0.1, 0.15) is 6.92 Å². The third kappa shape index (κ3) is 6.39. The summed E-state index contributed by atoms with van der Waals surface area (Å²) in [4.78, 5) is 0.